The molecule has 1 aromatic carbocycles. The van der Waals surface area contributed by atoms with Gasteiger partial charge in [0.1, 0.15) is 0 Å². The van der Waals surface area contributed by atoms with E-state index in [0.717, 1.165) is 35.0 Å². The molecule has 2 rings (SSSR count). The molecule has 1 saturated carbocycles. The normalized spacial score (nSPS) is 18.5. The SMILES string of the molecule is O=C1CCCC/C1=C/Nc1ccc(Br)cc1Cl. The van der Waals surface area contributed by atoms with E-state index in [9.17, 15) is 4.79 Å². The number of carbonyl (C=O) groups excluding carboxylic acids is 1. The summed E-state index contributed by atoms with van der Waals surface area (Å²) in [6.07, 6.45) is 5.42. The molecule has 1 aliphatic carbocycles. The average molecular weight is 315 g/mol. The first kappa shape index (κ1) is 12.7. The number of Topliss-reactive ketones (excluding diaryl/α,β-unsaturated/α-hetero) is 1. The smallest absolute Gasteiger partial charge is 0.160 e. The minimum absolute atomic E-state index is 0.247. The number of hydrogen-bond donors (Lipinski definition) is 1. The van der Waals surface area contributed by atoms with Gasteiger partial charge in [-0.05, 0) is 37.5 Å². The van der Waals surface area contributed by atoms with Crippen LogP contribution in [0.15, 0.2) is 34.4 Å². The Bertz CT molecular complexity index is 470. The zero-order valence-electron chi connectivity index (χ0n) is 9.30. The Morgan fingerprint density at radius 1 is 1.29 bits per heavy atom. The monoisotopic (exact) mass is 313 g/mol. The molecule has 90 valence electrons. The number of rotatable bonds is 2. The molecule has 0 amide bonds. The highest BCUT2D eigenvalue weighted by molar-refractivity contribution is 9.10. The molecule has 4 heteroatoms. The summed E-state index contributed by atoms with van der Waals surface area (Å²) in [4.78, 5) is 11.6. The van der Waals surface area contributed by atoms with E-state index < -0.39 is 0 Å². The molecule has 0 unspecified atom stereocenters. The lowest BCUT2D eigenvalue weighted by Gasteiger charge is -2.13. The number of carbonyl (C=O) groups is 1. The van der Waals surface area contributed by atoms with Gasteiger partial charge in [-0.15, -0.1) is 0 Å². The topological polar surface area (TPSA) is 29.1 Å². The van der Waals surface area contributed by atoms with Crippen LogP contribution >= 0.6 is 27.5 Å². The van der Waals surface area contributed by atoms with Crippen molar-refractivity contribution >= 4 is 39.0 Å². The summed E-state index contributed by atoms with van der Waals surface area (Å²) in [5, 5.41) is 3.74. The minimum Gasteiger partial charge on any atom is -0.360 e. The van der Waals surface area contributed by atoms with E-state index in [1.165, 1.54) is 0 Å². The molecule has 1 aliphatic rings. The van der Waals surface area contributed by atoms with Crippen LogP contribution in [0.5, 0.6) is 0 Å². The van der Waals surface area contributed by atoms with Crippen LogP contribution in [0, 0.1) is 0 Å². The third-order valence-electron chi connectivity index (χ3n) is 2.79. The molecular formula is C13H13BrClNO. The molecule has 1 N–H and O–H groups in total. The first-order valence-electron chi connectivity index (χ1n) is 5.60. The van der Waals surface area contributed by atoms with Crippen LogP contribution in [-0.2, 0) is 4.79 Å². The van der Waals surface area contributed by atoms with Crippen molar-refractivity contribution in [3.63, 3.8) is 0 Å². The van der Waals surface area contributed by atoms with Crippen molar-refractivity contribution < 1.29 is 4.79 Å². The number of allylic oxidation sites excluding steroid dienone is 1. The lowest BCUT2D eigenvalue weighted by atomic mass is 9.94. The second-order valence-electron chi connectivity index (χ2n) is 4.07. The minimum atomic E-state index is 0.247. The molecular weight excluding hydrogens is 302 g/mol. The second-order valence-corrected chi connectivity index (χ2v) is 5.39. The van der Waals surface area contributed by atoms with E-state index in [0.29, 0.717) is 11.4 Å². The third-order valence-corrected chi connectivity index (χ3v) is 3.60. The summed E-state index contributed by atoms with van der Waals surface area (Å²) in [6, 6.07) is 5.62. The summed E-state index contributed by atoms with van der Waals surface area (Å²) in [6.45, 7) is 0. The first-order valence-corrected chi connectivity index (χ1v) is 6.78. The molecule has 0 aromatic heterocycles. The summed E-state index contributed by atoms with van der Waals surface area (Å²) < 4.78 is 0.939. The molecule has 0 saturated heterocycles. The van der Waals surface area contributed by atoms with Gasteiger partial charge in [0, 0.05) is 22.7 Å². The quantitative estimate of drug-likeness (QED) is 0.812. The second kappa shape index (κ2) is 5.69. The van der Waals surface area contributed by atoms with Gasteiger partial charge >= 0.3 is 0 Å². The Morgan fingerprint density at radius 3 is 2.76 bits per heavy atom. The highest BCUT2D eigenvalue weighted by Gasteiger charge is 2.14. The van der Waals surface area contributed by atoms with Gasteiger partial charge < -0.3 is 5.32 Å². The van der Waals surface area contributed by atoms with Crippen LogP contribution in [0.1, 0.15) is 25.7 Å². The molecule has 1 aromatic rings. The predicted molar refractivity (Wildman–Crippen MR) is 74.3 cm³/mol. The fourth-order valence-corrected chi connectivity index (χ4v) is 2.55. The fraction of sp³-hybridized carbons (Fsp3) is 0.308. The lowest BCUT2D eigenvalue weighted by Crippen LogP contribution is -2.09. The van der Waals surface area contributed by atoms with E-state index in [1.54, 1.807) is 6.20 Å². The lowest BCUT2D eigenvalue weighted by molar-refractivity contribution is -0.116. The number of halogens is 2. The van der Waals surface area contributed by atoms with Crippen molar-refractivity contribution in [2.75, 3.05) is 5.32 Å². The number of benzene rings is 1. The molecule has 0 spiro atoms. The maximum absolute atomic E-state index is 11.6. The van der Waals surface area contributed by atoms with Crippen molar-refractivity contribution in [2.24, 2.45) is 0 Å². The molecule has 0 bridgehead atoms. The molecule has 0 aliphatic heterocycles. The van der Waals surface area contributed by atoms with Crippen LogP contribution in [0.4, 0.5) is 5.69 Å². The predicted octanol–water partition coefficient (Wildman–Crippen LogP) is 4.54. The third kappa shape index (κ3) is 3.33. The van der Waals surface area contributed by atoms with Gasteiger partial charge in [0.05, 0.1) is 10.7 Å². The van der Waals surface area contributed by atoms with Gasteiger partial charge in [0.2, 0.25) is 0 Å². The Morgan fingerprint density at radius 2 is 2.06 bits per heavy atom. The Hall–Kier alpha value is -0.800. The van der Waals surface area contributed by atoms with E-state index in [1.807, 2.05) is 18.2 Å². The standard InChI is InChI=1S/C13H13BrClNO/c14-10-5-6-12(11(15)7-10)16-8-9-3-1-2-4-13(9)17/h5-8,16H,1-4H2/b9-8-. The van der Waals surface area contributed by atoms with Crippen molar-refractivity contribution in [3.05, 3.63) is 39.5 Å². The summed E-state index contributed by atoms with van der Waals surface area (Å²) in [7, 11) is 0. The van der Waals surface area contributed by atoms with Gasteiger partial charge in [-0.3, -0.25) is 4.79 Å². The van der Waals surface area contributed by atoms with Gasteiger partial charge in [-0.1, -0.05) is 27.5 Å². The molecule has 17 heavy (non-hydrogen) atoms. The summed E-state index contributed by atoms with van der Waals surface area (Å²) in [5.41, 5.74) is 1.69. The number of anilines is 1. The van der Waals surface area contributed by atoms with E-state index in [-0.39, 0.29) is 5.78 Å². The zero-order valence-corrected chi connectivity index (χ0v) is 11.6. The van der Waals surface area contributed by atoms with E-state index in [2.05, 4.69) is 21.2 Å². The largest absolute Gasteiger partial charge is 0.360 e. The molecule has 2 nitrogen and oxygen atoms in total. The number of hydrogen-bond acceptors (Lipinski definition) is 2. The van der Waals surface area contributed by atoms with Crippen LogP contribution in [0.25, 0.3) is 0 Å². The van der Waals surface area contributed by atoms with Gasteiger partial charge in [-0.25, -0.2) is 0 Å². The van der Waals surface area contributed by atoms with Gasteiger partial charge in [0.15, 0.2) is 5.78 Å². The number of nitrogens with one attached hydrogen (secondary N) is 1. The maximum atomic E-state index is 11.6. The summed E-state index contributed by atoms with van der Waals surface area (Å²) >= 11 is 9.43. The first-order chi connectivity index (χ1) is 8.16. The highest BCUT2D eigenvalue weighted by atomic mass is 79.9. The molecule has 0 atom stereocenters. The Labute approximate surface area is 114 Å². The van der Waals surface area contributed by atoms with Crippen LogP contribution in [0.3, 0.4) is 0 Å². The van der Waals surface area contributed by atoms with E-state index >= 15 is 0 Å². The van der Waals surface area contributed by atoms with Crippen molar-refractivity contribution in [1.82, 2.24) is 0 Å². The van der Waals surface area contributed by atoms with Gasteiger partial charge in [-0.2, -0.15) is 0 Å². The molecule has 0 heterocycles. The van der Waals surface area contributed by atoms with E-state index in [4.69, 9.17) is 11.6 Å². The van der Waals surface area contributed by atoms with Gasteiger partial charge in [0.25, 0.3) is 0 Å². The van der Waals surface area contributed by atoms with Crippen LogP contribution in [-0.4, -0.2) is 5.78 Å². The molecule has 1 fully saturated rings. The Balaban J connectivity index is 2.10. The highest BCUT2D eigenvalue weighted by Crippen LogP contribution is 2.26. The van der Waals surface area contributed by atoms with Crippen LogP contribution in [0.2, 0.25) is 5.02 Å². The fourth-order valence-electron chi connectivity index (χ4n) is 1.83. The molecule has 0 radical (unpaired) electrons. The summed E-state index contributed by atoms with van der Waals surface area (Å²) in [5.74, 6) is 0.247. The van der Waals surface area contributed by atoms with Crippen molar-refractivity contribution in [3.8, 4) is 0 Å². The zero-order chi connectivity index (χ0) is 12.3. The van der Waals surface area contributed by atoms with Crippen LogP contribution < -0.4 is 5.32 Å². The van der Waals surface area contributed by atoms with Crippen molar-refractivity contribution in [2.45, 2.75) is 25.7 Å². The average Bonchev–Trinajstić information content (AvgIpc) is 2.30. The Kier molecular flexibility index (Phi) is 4.24. The number of ketones is 1. The maximum Gasteiger partial charge on any atom is 0.160 e. The van der Waals surface area contributed by atoms with Crippen molar-refractivity contribution in [1.29, 1.82) is 0 Å².